The summed E-state index contributed by atoms with van der Waals surface area (Å²) in [6.45, 7) is 4.04. The van der Waals surface area contributed by atoms with Crippen molar-refractivity contribution in [3.8, 4) is 17.2 Å². The number of fused-ring (bicyclic) bond motifs is 4. The van der Waals surface area contributed by atoms with Gasteiger partial charge in [-0.2, -0.15) is 0 Å². The largest absolute Gasteiger partial charge is 0.495 e. The molecule has 1 aromatic heterocycles. The lowest BCUT2D eigenvalue weighted by molar-refractivity contribution is 0.152. The number of furan rings is 1. The molecule has 0 saturated carbocycles. The second-order valence-corrected chi connectivity index (χ2v) is 6.20. The number of benzene rings is 2. The second kappa shape index (κ2) is 4.69. The quantitative estimate of drug-likeness (QED) is 0.682. The van der Waals surface area contributed by atoms with Gasteiger partial charge < -0.3 is 18.6 Å². The summed E-state index contributed by atoms with van der Waals surface area (Å²) in [5, 5.41) is 2.95. The molecule has 2 heterocycles. The summed E-state index contributed by atoms with van der Waals surface area (Å²) in [4.78, 5) is 0. The number of ether oxygens (including phenoxy) is 3. The zero-order valence-corrected chi connectivity index (χ0v) is 13.6. The summed E-state index contributed by atoms with van der Waals surface area (Å²) in [5.41, 5.74) is 1.39. The third-order valence-corrected chi connectivity index (χ3v) is 4.21. The first-order valence-corrected chi connectivity index (χ1v) is 7.51. The van der Waals surface area contributed by atoms with Gasteiger partial charge in [0.25, 0.3) is 0 Å². The van der Waals surface area contributed by atoms with Gasteiger partial charge in [0.05, 0.1) is 25.9 Å². The molecule has 0 atom stereocenters. The fourth-order valence-corrected chi connectivity index (χ4v) is 3.15. The van der Waals surface area contributed by atoms with E-state index in [-0.39, 0.29) is 5.60 Å². The van der Waals surface area contributed by atoms with Crippen molar-refractivity contribution in [2.24, 2.45) is 0 Å². The van der Waals surface area contributed by atoms with Crippen LogP contribution in [0.2, 0.25) is 0 Å². The van der Waals surface area contributed by atoms with Crippen molar-refractivity contribution in [1.82, 2.24) is 0 Å². The number of rotatable bonds is 2. The summed E-state index contributed by atoms with van der Waals surface area (Å²) < 4.78 is 23.0. The lowest BCUT2D eigenvalue weighted by Crippen LogP contribution is -2.27. The first kappa shape index (κ1) is 14.0. The Hall–Kier alpha value is -2.62. The molecule has 4 rings (SSSR count). The van der Waals surface area contributed by atoms with Crippen molar-refractivity contribution in [1.29, 1.82) is 0 Å². The van der Waals surface area contributed by atoms with Crippen LogP contribution in [0.5, 0.6) is 17.2 Å². The summed E-state index contributed by atoms with van der Waals surface area (Å²) in [6.07, 6.45) is 5.80. The molecular weight excluding hydrogens is 292 g/mol. The summed E-state index contributed by atoms with van der Waals surface area (Å²) in [6, 6.07) is 5.89. The molecular formula is C19H18O4. The lowest BCUT2D eigenvalue weighted by Gasteiger charge is -2.30. The highest BCUT2D eigenvalue weighted by Crippen LogP contribution is 2.48. The number of methoxy groups -OCH3 is 2. The Labute approximate surface area is 134 Å². The van der Waals surface area contributed by atoms with Crippen LogP contribution in [0.15, 0.2) is 35.0 Å². The third kappa shape index (κ3) is 1.98. The molecule has 118 valence electrons. The molecule has 0 saturated heterocycles. The van der Waals surface area contributed by atoms with Crippen molar-refractivity contribution < 1.29 is 18.6 Å². The van der Waals surface area contributed by atoms with Gasteiger partial charge in [-0.1, -0.05) is 6.08 Å². The average Bonchev–Trinajstić information content (AvgIpc) is 2.98. The van der Waals surface area contributed by atoms with Crippen molar-refractivity contribution in [2.75, 3.05) is 14.2 Å². The highest BCUT2D eigenvalue weighted by Gasteiger charge is 2.28. The predicted octanol–water partition coefficient (Wildman–Crippen LogP) is 4.79. The molecule has 0 fully saturated rings. The maximum absolute atomic E-state index is 6.15. The van der Waals surface area contributed by atoms with Gasteiger partial charge in [-0.25, -0.2) is 0 Å². The normalized spacial score (nSPS) is 15.5. The number of hydrogen-bond acceptors (Lipinski definition) is 4. The Bertz CT molecular complexity index is 947. The monoisotopic (exact) mass is 310 g/mol. The third-order valence-electron chi connectivity index (χ3n) is 4.21. The van der Waals surface area contributed by atoms with E-state index in [1.54, 1.807) is 20.5 Å². The standard InChI is InChI=1S/C19H18O4/c1-19(2)7-5-13-16-11(10-15(20-3)17(13)23-19)9-14-12(6-8-22-14)18(16)21-4/h5-10H,1-4H3. The van der Waals surface area contributed by atoms with E-state index in [2.05, 4.69) is 6.08 Å². The second-order valence-electron chi connectivity index (χ2n) is 6.20. The van der Waals surface area contributed by atoms with Crippen LogP contribution in [0.3, 0.4) is 0 Å². The van der Waals surface area contributed by atoms with E-state index in [0.717, 1.165) is 38.8 Å². The van der Waals surface area contributed by atoms with Crippen LogP contribution >= 0.6 is 0 Å². The summed E-state index contributed by atoms with van der Waals surface area (Å²) >= 11 is 0. The van der Waals surface area contributed by atoms with Gasteiger partial charge in [0.2, 0.25) is 0 Å². The van der Waals surface area contributed by atoms with Crippen molar-refractivity contribution >= 4 is 27.8 Å². The van der Waals surface area contributed by atoms with E-state index in [9.17, 15) is 0 Å². The predicted molar refractivity (Wildman–Crippen MR) is 90.6 cm³/mol. The van der Waals surface area contributed by atoms with Crippen LogP contribution in [0, 0.1) is 0 Å². The van der Waals surface area contributed by atoms with Crippen LogP contribution in [0.25, 0.3) is 27.8 Å². The van der Waals surface area contributed by atoms with Gasteiger partial charge >= 0.3 is 0 Å². The molecule has 1 aliphatic heterocycles. The van der Waals surface area contributed by atoms with Crippen LogP contribution in [-0.4, -0.2) is 19.8 Å². The Kier molecular flexibility index (Phi) is 2.85. The minimum absolute atomic E-state index is 0.374. The van der Waals surface area contributed by atoms with Crippen LogP contribution in [0.4, 0.5) is 0 Å². The lowest BCUT2D eigenvalue weighted by atomic mass is 9.95. The highest BCUT2D eigenvalue weighted by molar-refractivity contribution is 6.09. The van der Waals surface area contributed by atoms with E-state index >= 15 is 0 Å². The molecule has 0 N–H and O–H groups in total. The maximum atomic E-state index is 6.15. The fourth-order valence-electron chi connectivity index (χ4n) is 3.15. The van der Waals surface area contributed by atoms with Crippen LogP contribution in [-0.2, 0) is 0 Å². The van der Waals surface area contributed by atoms with E-state index in [1.807, 2.05) is 38.1 Å². The van der Waals surface area contributed by atoms with E-state index in [1.165, 1.54) is 0 Å². The average molecular weight is 310 g/mol. The molecule has 0 unspecified atom stereocenters. The Morgan fingerprint density at radius 2 is 1.91 bits per heavy atom. The van der Waals surface area contributed by atoms with Crippen LogP contribution in [0.1, 0.15) is 19.4 Å². The highest BCUT2D eigenvalue weighted by atomic mass is 16.5. The molecule has 0 amide bonds. The molecule has 4 heteroatoms. The fraction of sp³-hybridized carbons (Fsp3) is 0.263. The molecule has 0 bridgehead atoms. The molecule has 4 nitrogen and oxygen atoms in total. The minimum atomic E-state index is -0.374. The SMILES string of the molecule is COc1cc2cc3occc3c(OC)c2c2c1OC(C)(C)C=C2. The zero-order chi connectivity index (χ0) is 16.2. The minimum Gasteiger partial charge on any atom is -0.495 e. The maximum Gasteiger partial charge on any atom is 0.170 e. The molecule has 0 aliphatic carbocycles. The van der Waals surface area contributed by atoms with Crippen molar-refractivity contribution in [3.05, 3.63) is 36.1 Å². The zero-order valence-electron chi connectivity index (χ0n) is 13.6. The van der Waals surface area contributed by atoms with E-state index in [0.29, 0.717) is 5.75 Å². The van der Waals surface area contributed by atoms with Gasteiger partial charge in [-0.15, -0.1) is 0 Å². The topological polar surface area (TPSA) is 40.8 Å². The van der Waals surface area contributed by atoms with Crippen LogP contribution < -0.4 is 14.2 Å². The summed E-state index contributed by atoms with van der Waals surface area (Å²) in [7, 11) is 3.33. The smallest absolute Gasteiger partial charge is 0.170 e. The molecule has 23 heavy (non-hydrogen) atoms. The first-order chi connectivity index (χ1) is 11.0. The van der Waals surface area contributed by atoms with Crippen molar-refractivity contribution in [3.63, 3.8) is 0 Å². The van der Waals surface area contributed by atoms with Gasteiger partial charge in [-0.05, 0) is 43.5 Å². The molecule has 0 spiro atoms. The molecule has 3 aromatic rings. The number of hydrogen-bond donors (Lipinski definition) is 0. The Balaban J connectivity index is 2.17. The first-order valence-electron chi connectivity index (χ1n) is 7.51. The Morgan fingerprint density at radius 3 is 2.65 bits per heavy atom. The van der Waals surface area contributed by atoms with Gasteiger partial charge in [-0.3, -0.25) is 0 Å². The van der Waals surface area contributed by atoms with E-state index in [4.69, 9.17) is 18.6 Å². The molecule has 0 radical (unpaired) electrons. The van der Waals surface area contributed by atoms with E-state index < -0.39 is 0 Å². The van der Waals surface area contributed by atoms with Gasteiger partial charge in [0, 0.05) is 10.9 Å². The van der Waals surface area contributed by atoms with Crippen molar-refractivity contribution in [2.45, 2.75) is 19.4 Å². The summed E-state index contributed by atoms with van der Waals surface area (Å²) in [5.74, 6) is 2.24. The molecule has 1 aliphatic rings. The van der Waals surface area contributed by atoms with Gasteiger partial charge in [0.1, 0.15) is 16.9 Å². The molecule has 2 aromatic carbocycles. The van der Waals surface area contributed by atoms with Gasteiger partial charge in [0.15, 0.2) is 11.5 Å². The Morgan fingerprint density at radius 1 is 1.09 bits per heavy atom.